The maximum atomic E-state index is 13.0. The fraction of sp³-hybridized carbons (Fsp3) is 0.524. The number of aryl methyl sites for hydroxylation is 1. The number of alkyl halides is 3. The summed E-state index contributed by atoms with van der Waals surface area (Å²) < 4.78 is 62.3. The first kappa shape index (κ1) is 24.7. The highest BCUT2D eigenvalue weighted by Gasteiger charge is 2.34. The molecule has 176 valence electrons. The Hall–Kier alpha value is -1.98. The van der Waals surface area contributed by atoms with Gasteiger partial charge >= 0.3 is 6.18 Å². The van der Waals surface area contributed by atoms with Crippen molar-refractivity contribution in [3.63, 3.8) is 0 Å². The second-order valence-electron chi connectivity index (χ2n) is 8.26. The smallest absolute Gasteiger partial charge is 0.315 e. The van der Waals surface area contributed by atoms with Crippen LogP contribution < -0.4 is 5.32 Å². The Morgan fingerprint density at radius 2 is 1.91 bits per heavy atom. The van der Waals surface area contributed by atoms with Crippen LogP contribution in [-0.4, -0.2) is 54.8 Å². The number of carbonyl (C=O) groups is 1. The van der Waals surface area contributed by atoms with Gasteiger partial charge in [0.15, 0.2) is 9.84 Å². The summed E-state index contributed by atoms with van der Waals surface area (Å²) in [6.07, 6.45) is -4.18. The third-order valence-corrected chi connectivity index (χ3v) is 8.04. The van der Waals surface area contributed by atoms with E-state index in [1.165, 1.54) is 17.4 Å². The van der Waals surface area contributed by atoms with Gasteiger partial charge in [-0.05, 0) is 24.5 Å². The molecule has 1 amide bonds. The summed E-state index contributed by atoms with van der Waals surface area (Å²) in [5, 5.41) is 4.05. The molecule has 3 rings (SSSR count). The fourth-order valence-electron chi connectivity index (χ4n) is 3.76. The van der Waals surface area contributed by atoms with Crippen LogP contribution in [0.15, 0.2) is 24.3 Å². The van der Waals surface area contributed by atoms with E-state index in [1.807, 2.05) is 18.7 Å². The average Bonchev–Trinajstić information content (AvgIpc) is 3.01. The average molecular weight is 490 g/mol. The van der Waals surface area contributed by atoms with Crippen molar-refractivity contribution >= 4 is 32.1 Å². The minimum atomic E-state index is -4.41. The number of rotatable bonds is 6. The zero-order valence-corrected chi connectivity index (χ0v) is 19.7. The van der Waals surface area contributed by atoms with Crippen molar-refractivity contribution in [2.45, 2.75) is 39.4 Å². The predicted molar refractivity (Wildman–Crippen MR) is 119 cm³/mol. The molecule has 1 saturated heterocycles. The molecule has 0 radical (unpaired) electrons. The number of aromatic nitrogens is 1. The Labute approximate surface area is 189 Å². The van der Waals surface area contributed by atoms with E-state index >= 15 is 0 Å². The molecule has 1 unspecified atom stereocenters. The molecule has 2 aromatic rings. The summed E-state index contributed by atoms with van der Waals surface area (Å²) in [6, 6.07) is 4.63. The molecule has 1 aliphatic heterocycles. The van der Waals surface area contributed by atoms with Crippen molar-refractivity contribution in [1.29, 1.82) is 0 Å². The monoisotopic (exact) mass is 489 g/mol. The molecule has 1 fully saturated rings. The molecule has 0 bridgehead atoms. The summed E-state index contributed by atoms with van der Waals surface area (Å²) in [7, 11) is -3.06. The van der Waals surface area contributed by atoms with Gasteiger partial charge in [-0.15, -0.1) is 11.3 Å². The number of nitrogens with one attached hydrogen (secondary N) is 1. The quantitative estimate of drug-likeness (QED) is 0.669. The Morgan fingerprint density at radius 1 is 1.25 bits per heavy atom. The number of sulfone groups is 1. The van der Waals surface area contributed by atoms with Crippen LogP contribution in [0.5, 0.6) is 0 Å². The molecule has 0 spiro atoms. The number of anilines is 1. The topological polar surface area (TPSA) is 79.4 Å². The molecule has 6 nitrogen and oxygen atoms in total. The van der Waals surface area contributed by atoms with Crippen LogP contribution >= 0.6 is 11.3 Å². The Balaban J connectivity index is 1.72. The molecular formula is C21H26F3N3O3S2. The fourth-order valence-corrected chi connectivity index (χ4v) is 5.99. The second kappa shape index (κ2) is 9.48. The van der Waals surface area contributed by atoms with E-state index in [0.29, 0.717) is 34.4 Å². The highest BCUT2D eigenvalue weighted by atomic mass is 32.2. The molecule has 0 aliphatic carbocycles. The minimum Gasteiger partial charge on any atom is -0.315 e. The van der Waals surface area contributed by atoms with Crippen molar-refractivity contribution in [2.24, 2.45) is 5.92 Å². The van der Waals surface area contributed by atoms with Crippen LogP contribution in [0.25, 0.3) is 0 Å². The van der Waals surface area contributed by atoms with Gasteiger partial charge in [0.25, 0.3) is 0 Å². The summed E-state index contributed by atoms with van der Waals surface area (Å²) in [5.41, 5.74) is 0.371. The number of thiazole rings is 1. The highest BCUT2D eigenvalue weighted by Crippen LogP contribution is 2.31. The van der Waals surface area contributed by atoms with Gasteiger partial charge in [-0.25, -0.2) is 13.4 Å². The zero-order valence-electron chi connectivity index (χ0n) is 18.1. The number of hydrogen-bond donors (Lipinski definition) is 1. The van der Waals surface area contributed by atoms with E-state index in [9.17, 15) is 26.4 Å². The molecule has 1 aromatic carbocycles. The largest absolute Gasteiger partial charge is 0.416 e. The van der Waals surface area contributed by atoms with Crippen molar-refractivity contribution in [2.75, 3.05) is 29.9 Å². The van der Waals surface area contributed by atoms with E-state index in [-0.39, 0.29) is 29.8 Å². The molecule has 0 saturated carbocycles. The first-order valence-electron chi connectivity index (χ1n) is 10.2. The van der Waals surface area contributed by atoms with E-state index in [4.69, 9.17) is 0 Å². The molecule has 11 heteroatoms. The Morgan fingerprint density at radius 3 is 2.50 bits per heavy atom. The third-order valence-electron chi connectivity index (χ3n) is 5.36. The van der Waals surface area contributed by atoms with Crippen LogP contribution in [0.2, 0.25) is 0 Å². The van der Waals surface area contributed by atoms with Crippen molar-refractivity contribution in [3.05, 3.63) is 46.1 Å². The number of benzene rings is 1. The van der Waals surface area contributed by atoms with Crippen molar-refractivity contribution in [1.82, 2.24) is 9.88 Å². The summed E-state index contributed by atoms with van der Waals surface area (Å²) in [4.78, 5) is 19.3. The van der Waals surface area contributed by atoms with E-state index < -0.39 is 27.6 Å². The third kappa shape index (κ3) is 6.08. The Kier molecular flexibility index (Phi) is 7.31. The summed E-state index contributed by atoms with van der Waals surface area (Å²) in [6.45, 7) is 6.17. The van der Waals surface area contributed by atoms with Crippen molar-refractivity contribution in [3.8, 4) is 0 Å². The van der Waals surface area contributed by atoms with Gasteiger partial charge < -0.3 is 5.32 Å². The molecule has 1 aromatic heterocycles. The van der Waals surface area contributed by atoms with Gasteiger partial charge in [0, 0.05) is 19.5 Å². The lowest BCUT2D eigenvalue weighted by Gasteiger charge is -2.35. The SMILES string of the molecule is Cc1nc(Cc2cccc(C(F)(F)F)c2)sc1NC(=O)C(C(C)C)N1CCS(=O)(=O)CC1. The van der Waals surface area contributed by atoms with Crippen LogP contribution in [0, 0.1) is 12.8 Å². The van der Waals surface area contributed by atoms with Gasteiger partial charge in [-0.3, -0.25) is 9.69 Å². The van der Waals surface area contributed by atoms with Crippen LogP contribution in [0.1, 0.15) is 35.7 Å². The van der Waals surface area contributed by atoms with Gasteiger partial charge in [0.05, 0.1) is 33.8 Å². The van der Waals surface area contributed by atoms with E-state index in [1.54, 1.807) is 13.0 Å². The zero-order chi connectivity index (χ0) is 23.7. The van der Waals surface area contributed by atoms with Gasteiger partial charge in [-0.1, -0.05) is 32.0 Å². The molecule has 1 N–H and O–H groups in total. The maximum Gasteiger partial charge on any atom is 0.416 e. The first-order valence-corrected chi connectivity index (χ1v) is 12.9. The van der Waals surface area contributed by atoms with Crippen LogP contribution in [0.4, 0.5) is 18.2 Å². The normalized spacial score (nSPS) is 18.0. The number of halogens is 3. The van der Waals surface area contributed by atoms with Gasteiger partial charge in [0.1, 0.15) is 5.00 Å². The number of carbonyl (C=O) groups excluding carboxylic acids is 1. The second-order valence-corrected chi connectivity index (χ2v) is 11.7. The van der Waals surface area contributed by atoms with E-state index in [0.717, 1.165) is 12.1 Å². The molecule has 2 heterocycles. The number of nitrogens with zero attached hydrogens (tertiary/aromatic N) is 2. The molecule has 1 atom stereocenters. The Bertz CT molecular complexity index is 1070. The van der Waals surface area contributed by atoms with E-state index in [2.05, 4.69) is 10.3 Å². The summed E-state index contributed by atoms with van der Waals surface area (Å²) >= 11 is 1.23. The molecule has 1 aliphatic rings. The maximum absolute atomic E-state index is 13.0. The molecule has 32 heavy (non-hydrogen) atoms. The number of amides is 1. The molecular weight excluding hydrogens is 463 g/mol. The van der Waals surface area contributed by atoms with Gasteiger partial charge in [0.2, 0.25) is 5.91 Å². The van der Waals surface area contributed by atoms with Crippen LogP contribution in [-0.2, 0) is 27.2 Å². The number of hydrogen-bond acceptors (Lipinski definition) is 6. The van der Waals surface area contributed by atoms with Crippen molar-refractivity contribution < 1.29 is 26.4 Å². The minimum absolute atomic E-state index is 0.0320. The van der Waals surface area contributed by atoms with Gasteiger partial charge in [-0.2, -0.15) is 13.2 Å². The first-order chi connectivity index (χ1) is 14.9. The lowest BCUT2D eigenvalue weighted by molar-refractivity contribution is -0.137. The standard InChI is InChI=1S/C21H26F3N3O3S2/c1-13(2)18(27-7-9-32(29,30)10-8-27)19(28)26-20-14(3)25-17(31-20)12-15-5-4-6-16(11-15)21(22,23)24/h4-6,11,13,18H,7-10,12H2,1-3H3,(H,26,28). The highest BCUT2D eigenvalue weighted by molar-refractivity contribution is 7.91. The van der Waals surface area contributed by atoms with Crippen LogP contribution in [0.3, 0.4) is 0 Å². The lowest BCUT2D eigenvalue weighted by Crippen LogP contribution is -2.53. The summed E-state index contributed by atoms with van der Waals surface area (Å²) in [5.74, 6) is -0.209. The predicted octanol–water partition coefficient (Wildman–Crippen LogP) is 3.75. The lowest BCUT2D eigenvalue weighted by atomic mass is 10.0.